The predicted octanol–water partition coefficient (Wildman–Crippen LogP) is 5.30. The SMILES string of the molecule is CCC[C@@H](c1nc2cc(Cl)c(Cl)cc2c(=O)n1CC)N1CCC[C@@H](C)C1. The van der Waals surface area contributed by atoms with Crippen LogP contribution in [0, 0.1) is 5.92 Å². The van der Waals surface area contributed by atoms with E-state index in [0.717, 1.165) is 31.8 Å². The van der Waals surface area contributed by atoms with Crippen LogP contribution in [0.2, 0.25) is 10.0 Å². The second-order valence-electron chi connectivity index (χ2n) is 7.35. The number of fused-ring (bicyclic) bond motifs is 1. The summed E-state index contributed by atoms with van der Waals surface area (Å²) < 4.78 is 1.81. The molecule has 142 valence electrons. The van der Waals surface area contributed by atoms with Gasteiger partial charge in [0.05, 0.1) is 27.0 Å². The van der Waals surface area contributed by atoms with Crippen molar-refractivity contribution in [3.63, 3.8) is 0 Å². The van der Waals surface area contributed by atoms with Crippen LogP contribution in [0.4, 0.5) is 0 Å². The second kappa shape index (κ2) is 8.28. The highest BCUT2D eigenvalue weighted by Crippen LogP contribution is 2.31. The van der Waals surface area contributed by atoms with Crippen LogP contribution in [0.5, 0.6) is 0 Å². The Morgan fingerprint density at radius 3 is 2.65 bits per heavy atom. The minimum Gasteiger partial charge on any atom is -0.295 e. The minimum atomic E-state index is -0.0303. The molecule has 2 atom stereocenters. The first kappa shape index (κ1) is 19.7. The fraction of sp³-hybridized carbons (Fsp3) is 0.600. The minimum absolute atomic E-state index is 0.0303. The lowest BCUT2D eigenvalue weighted by atomic mass is 9.97. The summed E-state index contributed by atoms with van der Waals surface area (Å²) in [7, 11) is 0. The van der Waals surface area contributed by atoms with Crippen LogP contribution in [0.1, 0.15) is 58.3 Å². The number of benzene rings is 1. The van der Waals surface area contributed by atoms with Crippen molar-refractivity contribution in [2.24, 2.45) is 5.92 Å². The van der Waals surface area contributed by atoms with Crippen LogP contribution in [-0.2, 0) is 6.54 Å². The molecule has 2 heterocycles. The van der Waals surface area contributed by atoms with E-state index in [-0.39, 0.29) is 11.6 Å². The topological polar surface area (TPSA) is 38.1 Å². The maximum atomic E-state index is 13.1. The van der Waals surface area contributed by atoms with Crippen molar-refractivity contribution < 1.29 is 0 Å². The molecule has 0 saturated carbocycles. The Balaban J connectivity index is 2.16. The third-order valence-corrected chi connectivity index (χ3v) is 6.05. The van der Waals surface area contributed by atoms with E-state index in [4.69, 9.17) is 28.2 Å². The summed E-state index contributed by atoms with van der Waals surface area (Å²) >= 11 is 12.3. The van der Waals surface area contributed by atoms with Gasteiger partial charge in [-0.3, -0.25) is 14.3 Å². The van der Waals surface area contributed by atoms with Crippen LogP contribution in [0.25, 0.3) is 10.9 Å². The summed E-state index contributed by atoms with van der Waals surface area (Å²) in [6.45, 7) is 9.21. The van der Waals surface area contributed by atoms with Gasteiger partial charge in [0.15, 0.2) is 0 Å². The van der Waals surface area contributed by atoms with Gasteiger partial charge in [-0.1, -0.05) is 43.5 Å². The van der Waals surface area contributed by atoms with Gasteiger partial charge in [0.2, 0.25) is 0 Å². The predicted molar refractivity (Wildman–Crippen MR) is 109 cm³/mol. The van der Waals surface area contributed by atoms with E-state index in [9.17, 15) is 4.79 Å². The molecule has 0 spiro atoms. The van der Waals surface area contributed by atoms with Gasteiger partial charge in [-0.2, -0.15) is 0 Å². The van der Waals surface area contributed by atoms with Gasteiger partial charge in [-0.25, -0.2) is 4.98 Å². The van der Waals surface area contributed by atoms with Crippen LogP contribution in [0.15, 0.2) is 16.9 Å². The molecule has 0 bridgehead atoms. The quantitative estimate of drug-likeness (QED) is 0.689. The van der Waals surface area contributed by atoms with Crippen LogP contribution < -0.4 is 5.56 Å². The molecule has 1 saturated heterocycles. The summed E-state index contributed by atoms with van der Waals surface area (Å²) in [5.74, 6) is 1.54. The molecule has 0 amide bonds. The highest BCUT2D eigenvalue weighted by molar-refractivity contribution is 6.42. The monoisotopic (exact) mass is 395 g/mol. The smallest absolute Gasteiger partial charge is 0.261 e. The van der Waals surface area contributed by atoms with Crippen molar-refractivity contribution >= 4 is 34.1 Å². The molecule has 3 rings (SSSR count). The standard InChI is InChI=1S/C20H27Cl2N3O/c1-4-7-18(24-9-6-8-13(3)12-24)19-23-17-11-16(22)15(21)10-14(17)20(26)25(19)5-2/h10-11,13,18H,4-9,12H2,1-3H3/t13-,18+/m1/s1. The zero-order chi connectivity index (χ0) is 18.8. The molecule has 1 aromatic carbocycles. The Morgan fingerprint density at radius 1 is 1.27 bits per heavy atom. The fourth-order valence-electron chi connectivity index (χ4n) is 4.05. The zero-order valence-corrected chi connectivity index (χ0v) is 17.3. The van der Waals surface area contributed by atoms with Crippen molar-refractivity contribution in [2.45, 2.75) is 59.0 Å². The maximum absolute atomic E-state index is 13.1. The Morgan fingerprint density at radius 2 is 2.00 bits per heavy atom. The Hall–Kier alpha value is -1.10. The normalized spacial score (nSPS) is 19.8. The molecule has 1 aliphatic rings. The van der Waals surface area contributed by atoms with Crippen molar-refractivity contribution in [3.05, 3.63) is 38.4 Å². The van der Waals surface area contributed by atoms with Gasteiger partial charge in [-0.05, 0) is 50.8 Å². The van der Waals surface area contributed by atoms with E-state index < -0.39 is 0 Å². The maximum Gasteiger partial charge on any atom is 0.261 e. The Labute approximate surface area is 165 Å². The molecule has 4 nitrogen and oxygen atoms in total. The molecule has 0 N–H and O–H groups in total. The summed E-state index contributed by atoms with van der Waals surface area (Å²) in [4.78, 5) is 20.5. The number of piperidine rings is 1. The third-order valence-electron chi connectivity index (χ3n) is 5.33. The second-order valence-corrected chi connectivity index (χ2v) is 8.16. The lowest BCUT2D eigenvalue weighted by molar-refractivity contribution is 0.115. The van der Waals surface area contributed by atoms with Gasteiger partial charge in [0.25, 0.3) is 5.56 Å². The lowest BCUT2D eigenvalue weighted by Gasteiger charge is -2.37. The number of aromatic nitrogens is 2. The van der Waals surface area contributed by atoms with Crippen LogP contribution in [0.3, 0.4) is 0 Å². The average molecular weight is 396 g/mol. The van der Waals surface area contributed by atoms with Gasteiger partial charge >= 0.3 is 0 Å². The average Bonchev–Trinajstić information content (AvgIpc) is 2.61. The van der Waals surface area contributed by atoms with Crippen molar-refractivity contribution in [1.82, 2.24) is 14.5 Å². The first-order valence-corrected chi connectivity index (χ1v) is 10.3. The summed E-state index contributed by atoms with van der Waals surface area (Å²) in [6.07, 6.45) is 4.52. The third kappa shape index (κ3) is 3.78. The molecule has 26 heavy (non-hydrogen) atoms. The zero-order valence-electron chi connectivity index (χ0n) is 15.8. The molecule has 1 aliphatic heterocycles. The van der Waals surface area contributed by atoms with Gasteiger partial charge in [-0.15, -0.1) is 0 Å². The highest BCUT2D eigenvalue weighted by Gasteiger charge is 2.28. The molecular formula is C20H27Cl2N3O. The molecule has 0 radical (unpaired) electrons. The Kier molecular flexibility index (Phi) is 6.26. The number of rotatable bonds is 5. The molecule has 2 aromatic rings. The first-order chi connectivity index (χ1) is 12.5. The van der Waals surface area contributed by atoms with E-state index in [1.807, 2.05) is 11.5 Å². The fourth-order valence-corrected chi connectivity index (χ4v) is 4.37. The van der Waals surface area contributed by atoms with E-state index >= 15 is 0 Å². The van der Waals surface area contributed by atoms with Crippen LogP contribution >= 0.6 is 23.2 Å². The van der Waals surface area contributed by atoms with Gasteiger partial charge < -0.3 is 0 Å². The number of hydrogen-bond acceptors (Lipinski definition) is 3. The Bertz CT molecular complexity index is 849. The molecule has 1 aromatic heterocycles. The first-order valence-electron chi connectivity index (χ1n) is 9.59. The number of hydrogen-bond donors (Lipinski definition) is 0. The molecular weight excluding hydrogens is 369 g/mol. The summed E-state index contributed by atoms with van der Waals surface area (Å²) in [5, 5.41) is 1.36. The van der Waals surface area contributed by atoms with E-state index in [1.165, 1.54) is 12.8 Å². The molecule has 6 heteroatoms. The summed E-state index contributed by atoms with van der Waals surface area (Å²) in [6, 6.07) is 3.52. The van der Waals surface area contributed by atoms with Crippen molar-refractivity contribution in [2.75, 3.05) is 13.1 Å². The van der Waals surface area contributed by atoms with Gasteiger partial charge in [0, 0.05) is 13.1 Å². The van der Waals surface area contributed by atoms with E-state index in [2.05, 4.69) is 18.7 Å². The van der Waals surface area contributed by atoms with Crippen LogP contribution in [-0.4, -0.2) is 27.5 Å². The number of likely N-dealkylation sites (tertiary alicyclic amines) is 1. The lowest BCUT2D eigenvalue weighted by Crippen LogP contribution is -2.40. The van der Waals surface area contributed by atoms with Gasteiger partial charge in [0.1, 0.15) is 5.82 Å². The molecule has 0 aliphatic carbocycles. The number of nitrogens with zero attached hydrogens (tertiary/aromatic N) is 3. The number of halogens is 2. The van der Waals surface area contributed by atoms with E-state index in [1.54, 1.807) is 12.1 Å². The highest BCUT2D eigenvalue weighted by atomic mass is 35.5. The van der Waals surface area contributed by atoms with E-state index in [0.29, 0.717) is 33.4 Å². The molecule has 1 fully saturated rings. The van der Waals surface area contributed by atoms with Crippen molar-refractivity contribution in [3.8, 4) is 0 Å². The van der Waals surface area contributed by atoms with Crippen molar-refractivity contribution in [1.29, 1.82) is 0 Å². The molecule has 0 unspecified atom stereocenters. The summed E-state index contributed by atoms with van der Waals surface area (Å²) in [5.41, 5.74) is 0.604. The largest absolute Gasteiger partial charge is 0.295 e.